The Labute approximate surface area is 131 Å². The number of nitrogens with one attached hydrogen (secondary N) is 2. The van der Waals surface area contributed by atoms with E-state index in [0.29, 0.717) is 21.1 Å². The first-order valence-corrected chi connectivity index (χ1v) is 5.45. The average molecular weight is 342 g/mol. The Kier molecular flexibility index (Phi) is 9.31. The Hall–Kier alpha value is -2.32. The zero-order chi connectivity index (χ0) is 14.8. The molecule has 0 saturated carbocycles. The molecule has 0 aliphatic rings. The zero-order valence-corrected chi connectivity index (χ0v) is 11.6. The van der Waals surface area contributed by atoms with Crippen LogP contribution in [0.5, 0.6) is 0 Å². The van der Waals surface area contributed by atoms with E-state index < -0.39 is 0 Å². The first-order chi connectivity index (χ1) is 9.69. The molecule has 0 aromatic heterocycles. The number of para-hydroxylation sites is 2. The van der Waals surface area contributed by atoms with Crippen molar-refractivity contribution in [1.82, 2.24) is 0 Å². The van der Waals surface area contributed by atoms with E-state index >= 15 is 0 Å². The second-order valence-corrected chi connectivity index (χ2v) is 3.42. The standard InChI is InChI=1S/2C6H6N2O2.Cu/c2*7-8(10-9)6-4-2-1-3-5-6;/h2*1-5,7H;/p+2. The summed E-state index contributed by atoms with van der Waals surface area (Å²) in [7, 11) is 0. The molecular weight excluding hydrogens is 328 g/mol. The molecule has 0 aliphatic carbocycles. The van der Waals surface area contributed by atoms with Gasteiger partial charge in [-0.15, -0.1) is 10.5 Å². The molecule has 0 saturated heterocycles. The summed E-state index contributed by atoms with van der Waals surface area (Å²) in [6, 6.07) is 17.2. The van der Waals surface area contributed by atoms with Crippen LogP contribution in [0.1, 0.15) is 0 Å². The molecule has 1 radical (unpaired) electrons. The summed E-state index contributed by atoms with van der Waals surface area (Å²) in [5.41, 5.74) is 14.8. The van der Waals surface area contributed by atoms with E-state index in [2.05, 4.69) is 9.98 Å². The van der Waals surface area contributed by atoms with Crippen LogP contribution in [0.15, 0.2) is 60.7 Å². The van der Waals surface area contributed by atoms with Crippen molar-refractivity contribution in [3.05, 3.63) is 60.7 Å². The Bertz CT molecular complexity index is 502. The summed E-state index contributed by atoms with van der Waals surface area (Å²) in [5, 5.41) is 16.1. The maximum Gasteiger partial charge on any atom is 0.292 e. The van der Waals surface area contributed by atoms with Crippen molar-refractivity contribution in [2.75, 3.05) is 0 Å². The smallest absolute Gasteiger partial charge is 0.140 e. The molecule has 0 aliphatic heterocycles. The monoisotopic (exact) mass is 341 g/mol. The molecule has 0 heterocycles. The van der Waals surface area contributed by atoms with Gasteiger partial charge in [0.15, 0.2) is 9.72 Å². The van der Waals surface area contributed by atoms with E-state index in [-0.39, 0.29) is 17.1 Å². The van der Waals surface area contributed by atoms with E-state index in [0.717, 1.165) is 0 Å². The molecule has 0 atom stereocenters. The summed E-state index contributed by atoms with van der Waals surface area (Å²) >= 11 is 0. The molecule has 4 N–H and O–H groups in total. The van der Waals surface area contributed by atoms with Crippen LogP contribution >= 0.6 is 0 Å². The maximum atomic E-state index is 8.03. The predicted octanol–water partition coefficient (Wildman–Crippen LogP) is 3.53. The molecule has 115 valence electrons. The minimum Gasteiger partial charge on any atom is -0.140 e. The molecule has 0 bridgehead atoms. The normalized spacial score (nSPS) is 8.48. The van der Waals surface area contributed by atoms with Crippen LogP contribution in [-0.2, 0) is 27.0 Å². The van der Waals surface area contributed by atoms with Gasteiger partial charge in [-0.2, -0.15) is 0 Å². The fraction of sp³-hybridized carbons (Fsp3) is 0. The minimum atomic E-state index is 0. The van der Waals surface area contributed by atoms with Crippen LogP contribution in [0.25, 0.3) is 0 Å². The van der Waals surface area contributed by atoms with Gasteiger partial charge >= 0.3 is 0 Å². The molecule has 0 fully saturated rings. The Morgan fingerprint density at radius 1 is 0.667 bits per heavy atom. The minimum absolute atomic E-state index is 0. The first-order valence-electron chi connectivity index (χ1n) is 5.45. The number of rotatable bonds is 4. The second kappa shape index (κ2) is 10.5. The summed E-state index contributed by atoms with van der Waals surface area (Å²) in [4.78, 5) is 8.30. The van der Waals surface area contributed by atoms with Gasteiger partial charge in [0.25, 0.3) is 11.4 Å². The summed E-state index contributed by atoms with van der Waals surface area (Å²) in [5.74, 6) is 0. The summed E-state index contributed by atoms with van der Waals surface area (Å²) in [6.07, 6.45) is 0. The number of benzene rings is 2. The molecule has 21 heavy (non-hydrogen) atoms. The van der Waals surface area contributed by atoms with Crippen LogP contribution in [0, 0.1) is 11.1 Å². The third kappa shape index (κ3) is 6.59. The van der Waals surface area contributed by atoms with E-state index in [4.69, 9.17) is 21.6 Å². The maximum absolute atomic E-state index is 8.03. The molecule has 2 aromatic rings. The molecular formula is C12H14CuN4O4+2. The quantitative estimate of drug-likeness (QED) is 0.224. The van der Waals surface area contributed by atoms with Crippen molar-refractivity contribution in [2.24, 2.45) is 0 Å². The largest absolute Gasteiger partial charge is 0.292 e. The van der Waals surface area contributed by atoms with Gasteiger partial charge in [0, 0.05) is 52.4 Å². The molecule has 0 unspecified atom stereocenters. The Balaban J connectivity index is 0.000000364. The van der Waals surface area contributed by atoms with Crippen LogP contribution in [0.2, 0.25) is 0 Å². The van der Waals surface area contributed by atoms with Crippen molar-refractivity contribution in [3.63, 3.8) is 0 Å². The third-order valence-corrected chi connectivity index (χ3v) is 2.14. The molecule has 2 aromatic carbocycles. The van der Waals surface area contributed by atoms with Crippen molar-refractivity contribution in [1.29, 1.82) is 11.1 Å². The predicted molar refractivity (Wildman–Crippen MR) is 65.6 cm³/mol. The number of hydrogen-bond acceptors (Lipinski definition) is 6. The van der Waals surface area contributed by atoms with Gasteiger partial charge in [-0.3, -0.25) is 0 Å². The average Bonchev–Trinajstić information content (AvgIpc) is 2.55. The Morgan fingerprint density at radius 3 is 1.19 bits per heavy atom. The van der Waals surface area contributed by atoms with E-state index in [1.165, 1.54) is 0 Å². The fourth-order valence-corrected chi connectivity index (χ4v) is 1.22. The van der Waals surface area contributed by atoms with Crippen molar-refractivity contribution in [2.45, 2.75) is 0 Å². The molecule has 0 spiro atoms. The van der Waals surface area contributed by atoms with Crippen molar-refractivity contribution in [3.8, 4) is 0 Å². The molecule has 9 heteroatoms. The molecule has 8 nitrogen and oxygen atoms in total. The van der Waals surface area contributed by atoms with Crippen LogP contribution < -0.4 is 0 Å². The van der Waals surface area contributed by atoms with Gasteiger partial charge in [0.1, 0.15) is 0 Å². The molecule has 0 amide bonds. The Morgan fingerprint density at radius 2 is 0.952 bits per heavy atom. The van der Waals surface area contributed by atoms with Gasteiger partial charge in [-0.25, -0.2) is 0 Å². The van der Waals surface area contributed by atoms with Gasteiger partial charge in [0.2, 0.25) is 0 Å². The molecule has 2 rings (SSSR count). The van der Waals surface area contributed by atoms with Gasteiger partial charge in [-0.05, 0) is 0 Å². The second-order valence-electron chi connectivity index (χ2n) is 3.42. The van der Waals surface area contributed by atoms with Gasteiger partial charge < -0.3 is 0 Å². The van der Waals surface area contributed by atoms with E-state index in [1.807, 2.05) is 12.1 Å². The first kappa shape index (κ1) is 18.7. The van der Waals surface area contributed by atoms with Crippen molar-refractivity contribution >= 4 is 11.4 Å². The van der Waals surface area contributed by atoms with Gasteiger partial charge in [-0.1, -0.05) is 46.4 Å². The summed E-state index contributed by atoms with van der Waals surface area (Å²) in [6.45, 7) is 0. The van der Waals surface area contributed by atoms with Crippen LogP contribution in [-0.4, -0.2) is 20.2 Å². The van der Waals surface area contributed by atoms with E-state index in [1.54, 1.807) is 48.5 Å². The van der Waals surface area contributed by atoms with Crippen LogP contribution in [0.4, 0.5) is 11.4 Å². The topological polar surface area (TPSA) is 113 Å². The van der Waals surface area contributed by atoms with Crippen LogP contribution in [0.3, 0.4) is 0 Å². The third-order valence-electron chi connectivity index (χ3n) is 2.14. The number of hydrogen-bond donors (Lipinski definition) is 4. The van der Waals surface area contributed by atoms with Gasteiger partial charge in [0.05, 0.1) is 0 Å². The zero-order valence-electron chi connectivity index (χ0n) is 10.7. The number of nitrogens with zero attached hydrogens (tertiary/aromatic N) is 2. The SMILES string of the molecule is N=[N+](OO)c1ccccc1.N=[N+](OO)c1ccccc1.[Cu]. The summed E-state index contributed by atoms with van der Waals surface area (Å²) < 4.78 is 0. The van der Waals surface area contributed by atoms with Crippen molar-refractivity contribution < 1.29 is 47.3 Å². The fourth-order valence-electron chi connectivity index (χ4n) is 1.22. The van der Waals surface area contributed by atoms with E-state index in [9.17, 15) is 0 Å².